The van der Waals surface area contributed by atoms with Crippen LogP contribution in [0.1, 0.15) is 15.9 Å². The minimum atomic E-state index is -0.304. The van der Waals surface area contributed by atoms with E-state index < -0.39 is 0 Å². The number of rotatable bonds is 6. The van der Waals surface area contributed by atoms with Crippen molar-refractivity contribution >= 4 is 34.6 Å². The van der Waals surface area contributed by atoms with Crippen molar-refractivity contribution in [2.75, 3.05) is 24.9 Å². The number of carbonyl (C=O) groups excluding carboxylic acids is 1. The van der Waals surface area contributed by atoms with E-state index in [1.165, 1.54) is 13.3 Å². The number of halogens is 1. The van der Waals surface area contributed by atoms with Gasteiger partial charge in [-0.1, -0.05) is 17.7 Å². The Morgan fingerprint density at radius 1 is 1.04 bits per heavy atom. The number of hydrogen-bond donors (Lipinski definition) is 2. The van der Waals surface area contributed by atoms with Crippen molar-refractivity contribution in [1.82, 2.24) is 4.98 Å². The van der Waals surface area contributed by atoms with E-state index in [9.17, 15) is 4.79 Å². The molecular weight excluding hydrogens is 378 g/mol. The number of hydrogen-bond acceptors (Lipinski definition) is 5. The smallest absolute Gasteiger partial charge is 0.257 e. The van der Waals surface area contributed by atoms with Gasteiger partial charge in [0, 0.05) is 29.0 Å². The minimum Gasteiger partial charge on any atom is -0.497 e. The highest BCUT2D eigenvalue weighted by atomic mass is 35.5. The lowest BCUT2D eigenvalue weighted by Crippen LogP contribution is -2.13. The predicted octanol–water partition coefficient (Wildman–Crippen LogP) is 5.06. The molecule has 1 amide bonds. The van der Waals surface area contributed by atoms with Crippen LogP contribution in [0, 0.1) is 6.92 Å². The van der Waals surface area contributed by atoms with Gasteiger partial charge < -0.3 is 20.1 Å². The fraction of sp³-hybridized carbons (Fsp3) is 0.143. The van der Waals surface area contributed by atoms with Crippen LogP contribution in [0.2, 0.25) is 5.02 Å². The summed E-state index contributed by atoms with van der Waals surface area (Å²) >= 11 is 6.12. The average molecular weight is 398 g/mol. The Morgan fingerprint density at radius 2 is 1.86 bits per heavy atom. The summed E-state index contributed by atoms with van der Waals surface area (Å²) in [6.45, 7) is 1.86. The second-order valence-corrected chi connectivity index (χ2v) is 6.48. The lowest BCUT2D eigenvalue weighted by Gasteiger charge is -2.13. The number of aryl methyl sites for hydroxylation is 1. The number of benzene rings is 2. The van der Waals surface area contributed by atoms with Gasteiger partial charge >= 0.3 is 0 Å². The number of amides is 1. The molecule has 3 rings (SSSR count). The number of ether oxygens (including phenoxy) is 2. The Balaban J connectivity index is 1.80. The molecule has 6 nitrogen and oxygen atoms in total. The zero-order chi connectivity index (χ0) is 20.1. The highest BCUT2D eigenvalue weighted by Crippen LogP contribution is 2.31. The Bertz CT molecular complexity index is 1010. The minimum absolute atomic E-state index is 0.304. The van der Waals surface area contributed by atoms with E-state index in [4.69, 9.17) is 21.1 Å². The molecule has 0 fully saturated rings. The summed E-state index contributed by atoms with van der Waals surface area (Å²) in [5.74, 6) is 0.918. The van der Waals surface area contributed by atoms with Crippen molar-refractivity contribution in [3.8, 4) is 11.5 Å². The van der Waals surface area contributed by atoms with Crippen LogP contribution in [0.4, 0.5) is 17.1 Å². The highest BCUT2D eigenvalue weighted by Gasteiger charge is 2.13. The molecule has 144 valence electrons. The molecular formula is C21H20ClN3O3. The molecule has 0 atom stereocenters. The monoisotopic (exact) mass is 397 g/mol. The molecule has 2 N–H and O–H groups in total. The predicted molar refractivity (Wildman–Crippen MR) is 111 cm³/mol. The van der Waals surface area contributed by atoms with Gasteiger partial charge in [0.2, 0.25) is 0 Å². The van der Waals surface area contributed by atoms with E-state index in [-0.39, 0.29) is 5.91 Å². The number of nitrogens with zero attached hydrogens (tertiary/aromatic N) is 1. The zero-order valence-corrected chi connectivity index (χ0v) is 16.5. The Morgan fingerprint density at radius 3 is 2.61 bits per heavy atom. The summed E-state index contributed by atoms with van der Waals surface area (Å²) in [6.07, 6.45) is 3.14. The molecule has 0 radical (unpaired) electrons. The second kappa shape index (κ2) is 8.63. The van der Waals surface area contributed by atoms with Crippen molar-refractivity contribution in [2.24, 2.45) is 0 Å². The fourth-order valence-corrected chi connectivity index (χ4v) is 2.78. The van der Waals surface area contributed by atoms with Crippen molar-refractivity contribution in [3.63, 3.8) is 0 Å². The number of pyridine rings is 1. The molecule has 1 aromatic heterocycles. The summed E-state index contributed by atoms with van der Waals surface area (Å²) in [6, 6.07) is 12.6. The van der Waals surface area contributed by atoms with Gasteiger partial charge in [0.15, 0.2) is 0 Å². The third-order valence-electron chi connectivity index (χ3n) is 4.09. The maximum Gasteiger partial charge on any atom is 0.257 e. The molecule has 0 unspecified atom stereocenters. The van der Waals surface area contributed by atoms with E-state index in [2.05, 4.69) is 15.6 Å². The maximum atomic E-state index is 12.7. The van der Waals surface area contributed by atoms with Crippen LogP contribution in [-0.4, -0.2) is 25.1 Å². The van der Waals surface area contributed by atoms with Crippen molar-refractivity contribution in [1.29, 1.82) is 0 Å². The zero-order valence-electron chi connectivity index (χ0n) is 15.7. The third-order valence-corrected chi connectivity index (χ3v) is 4.49. The first kappa shape index (κ1) is 19.5. The molecule has 0 bridgehead atoms. The largest absolute Gasteiger partial charge is 0.497 e. The molecule has 0 spiro atoms. The van der Waals surface area contributed by atoms with E-state index >= 15 is 0 Å². The maximum absolute atomic E-state index is 12.7. The first-order valence-electron chi connectivity index (χ1n) is 8.52. The number of anilines is 3. The van der Waals surface area contributed by atoms with Gasteiger partial charge in [0.25, 0.3) is 5.91 Å². The van der Waals surface area contributed by atoms with Gasteiger partial charge in [-0.15, -0.1) is 0 Å². The van der Waals surface area contributed by atoms with E-state index in [1.54, 1.807) is 31.5 Å². The molecule has 3 aromatic rings. The molecule has 0 aliphatic carbocycles. The molecule has 2 aromatic carbocycles. The number of aromatic nitrogens is 1. The lowest BCUT2D eigenvalue weighted by atomic mass is 10.2. The van der Waals surface area contributed by atoms with Gasteiger partial charge in [-0.05, 0) is 36.8 Å². The Hall–Kier alpha value is -3.25. The van der Waals surface area contributed by atoms with Crippen molar-refractivity contribution < 1.29 is 14.3 Å². The third kappa shape index (κ3) is 4.53. The molecule has 28 heavy (non-hydrogen) atoms. The van der Waals surface area contributed by atoms with Crippen LogP contribution in [0.5, 0.6) is 11.5 Å². The number of carbonyl (C=O) groups is 1. The topological polar surface area (TPSA) is 72.5 Å². The Labute approximate surface area is 168 Å². The summed E-state index contributed by atoms with van der Waals surface area (Å²) in [7, 11) is 3.13. The molecule has 0 saturated heterocycles. The Kier molecular flexibility index (Phi) is 6.01. The summed E-state index contributed by atoms with van der Waals surface area (Å²) in [4.78, 5) is 16.8. The van der Waals surface area contributed by atoms with Gasteiger partial charge in [0.1, 0.15) is 11.5 Å². The normalized spacial score (nSPS) is 10.3. The van der Waals surface area contributed by atoms with Crippen LogP contribution in [0.15, 0.2) is 54.9 Å². The van der Waals surface area contributed by atoms with Crippen LogP contribution in [-0.2, 0) is 0 Å². The molecule has 1 heterocycles. The molecule has 0 aliphatic heterocycles. The number of nitrogens with one attached hydrogen (secondary N) is 2. The van der Waals surface area contributed by atoms with E-state index in [0.29, 0.717) is 27.7 Å². The summed E-state index contributed by atoms with van der Waals surface area (Å²) < 4.78 is 10.5. The number of methoxy groups -OCH3 is 2. The summed E-state index contributed by atoms with van der Waals surface area (Å²) in [5, 5.41) is 6.63. The van der Waals surface area contributed by atoms with Gasteiger partial charge in [-0.25, -0.2) is 0 Å². The molecule has 0 aliphatic rings. The SMILES string of the molecule is COc1cccc(Nc2cncc(C(=O)Nc3cc(C)c(Cl)cc3OC)c2)c1. The lowest BCUT2D eigenvalue weighted by molar-refractivity contribution is 0.102. The molecule has 7 heteroatoms. The first-order valence-corrected chi connectivity index (χ1v) is 8.89. The first-order chi connectivity index (χ1) is 13.5. The van der Waals surface area contributed by atoms with Crippen LogP contribution in [0.25, 0.3) is 0 Å². The summed E-state index contributed by atoms with van der Waals surface area (Å²) in [5.41, 5.74) is 3.29. The van der Waals surface area contributed by atoms with Gasteiger partial charge in [0.05, 0.1) is 37.4 Å². The average Bonchev–Trinajstić information content (AvgIpc) is 2.70. The quantitative estimate of drug-likeness (QED) is 0.608. The molecule has 0 saturated carbocycles. The standard InChI is InChI=1S/C21H20ClN3O3/c1-13-7-19(20(28-3)10-18(13)22)25-21(26)14-8-16(12-23-11-14)24-15-5-4-6-17(9-15)27-2/h4-12,24H,1-3H3,(H,25,26). The van der Waals surface area contributed by atoms with Crippen LogP contribution >= 0.6 is 11.6 Å². The van der Waals surface area contributed by atoms with Gasteiger partial charge in [-0.2, -0.15) is 0 Å². The highest BCUT2D eigenvalue weighted by molar-refractivity contribution is 6.31. The van der Waals surface area contributed by atoms with Crippen LogP contribution in [0.3, 0.4) is 0 Å². The van der Waals surface area contributed by atoms with E-state index in [1.807, 2.05) is 31.2 Å². The van der Waals surface area contributed by atoms with Gasteiger partial charge in [-0.3, -0.25) is 9.78 Å². The van der Waals surface area contributed by atoms with Crippen molar-refractivity contribution in [2.45, 2.75) is 6.92 Å². The fourth-order valence-electron chi connectivity index (χ4n) is 2.62. The van der Waals surface area contributed by atoms with Crippen molar-refractivity contribution in [3.05, 3.63) is 71.0 Å². The second-order valence-electron chi connectivity index (χ2n) is 6.08. The van der Waals surface area contributed by atoms with Crippen LogP contribution < -0.4 is 20.1 Å². The van der Waals surface area contributed by atoms with E-state index in [0.717, 1.165) is 17.0 Å².